The second kappa shape index (κ2) is 7.37. The Morgan fingerprint density at radius 1 is 1.13 bits per heavy atom. The number of carbonyl (C=O) groups is 1. The SMILES string of the molecule is CCc1noc(CN(C)C(=O)c2cc(C3CC3)nc3onc(-c4ccccc4)c23)n1. The minimum Gasteiger partial charge on any atom is -0.337 e. The van der Waals surface area contributed by atoms with Crippen LogP contribution in [0.25, 0.3) is 22.4 Å². The molecule has 3 heterocycles. The van der Waals surface area contributed by atoms with Gasteiger partial charge in [-0.2, -0.15) is 4.98 Å². The summed E-state index contributed by atoms with van der Waals surface area (Å²) in [5.74, 6) is 1.24. The highest BCUT2D eigenvalue weighted by atomic mass is 16.5. The molecule has 1 fully saturated rings. The smallest absolute Gasteiger partial charge is 0.259 e. The molecule has 1 aliphatic rings. The fourth-order valence-corrected chi connectivity index (χ4v) is 3.50. The van der Waals surface area contributed by atoms with Crippen LogP contribution in [0.5, 0.6) is 0 Å². The fraction of sp³-hybridized carbons (Fsp3) is 0.318. The van der Waals surface area contributed by atoms with Gasteiger partial charge in [-0.3, -0.25) is 4.79 Å². The second-order valence-electron chi connectivity index (χ2n) is 7.57. The molecule has 0 aliphatic heterocycles. The molecule has 3 aromatic heterocycles. The number of aromatic nitrogens is 4. The molecule has 152 valence electrons. The first kappa shape index (κ1) is 18.5. The Morgan fingerprint density at radius 2 is 1.93 bits per heavy atom. The Morgan fingerprint density at radius 3 is 2.63 bits per heavy atom. The maximum Gasteiger partial charge on any atom is 0.259 e. The molecular weight excluding hydrogens is 382 g/mol. The van der Waals surface area contributed by atoms with Gasteiger partial charge in [0.15, 0.2) is 5.82 Å². The lowest BCUT2D eigenvalue weighted by atomic mass is 10.0. The van der Waals surface area contributed by atoms with Crippen molar-refractivity contribution in [3.63, 3.8) is 0 Å². The van der Waals surface area contributed by atoms with Gasteiger partial charge in [0.25, 0.3) is 11.6 Å². The molecule has 30 heavy (non-hydrogen) atoms. The van der Waals surface area contributed by atoms with E-state index in [1.807, 2.05) is 43.3 Å². The van der Waals surface area contributed by atoms with Crippen LogP contribution in [0.3, 0.4) is 0 Å². The number of nitrogens with zero attached hydrogens (tertiary/aromatic N) is 5. The molecule has 0 saturated heterocycles. The highest BCUT2D eigenvalue weighted by molar-refractivity contribution is 6.09. The number of amides is 1. The molecule has 0 atom stereocenters. The molecule has 4 aromatic rings. The van der Waals surface area contributed by atoms with Gasteiger partial charge in [-0.25, -0.2) is 4.98 Å². The van der Waals surface area contributed by atoms with E-state index in [0.29, 0.717) is 46.4 Å². The van der Waals surface area contributed by atoms with Crippen LogP contribution in [0.1, 0.15) is 53.5 Å². The van der Waals surface area contributed by atoms with E-state index in [9.17, 15) is 4.79 Å². The molecule has 0 bridgehead atoms. The number of carbonyl (C=O) groups excluding carboxylic acids is 1. The normalized spacial score (nSPS) is 13.7. The highest BCUT2D eigenvalue weighted by Crippen LogP contribution is 2.41. The Balaban J connectivity index is 1.57. The molecule has 1 aliphatic carbocycles. The first-order chi connectivity index (χ1) is 14.6. The standard InChI is InChI=1S/C22H21N5O3/c1-3-17-24-18(29-25-17)12-27(2)22(28)15-11-16(13-9-10-13)23-21-19(15)20(26-30-21)14-7-5-4-6-8-14/h4-8,11,13H,3,9-10,12H2,1-2H3. The summed E-state index contributed by atoms with van der Waals surface area (Å²) in [5, 5.41) is 8.77. The molecular formula is C22H21N5O3. The van der Waals surface area contributed by atoms with Gasteiger partial charge < -0.3 is 13.9 Å². The largest absolute Gasteiger partial charge is 0.337 e. The molecule has 8 nitrogen and oxygen atoms in total. The van der Waals surface area contributed by atoms with Crippen molar-refractivity contribution in [1.29, 1.82) is 0 Å². The molecule has 1 saturated carbocycles. The van der Waals surface area contributed by atoms with Crippen LogP contribution in [0, 0.1) is 0 Å². The van der Waals surface area contributed by atoms with Crippen LogP contribution in [0.4, 0.5) is 0 Å². The zero-order valence-electron chi connectivity index (χ0n) is 16.8. The quantitative estimate of drug-likeness (QED) is 0.480. The van der Waals surface area contributed by atoms with Crippen LogP contribution in [0.2, 0.25) is 0 Å². The van der Waals surface area contributed by atoms with Crippen molar-refractivity contribution >= 4 is 17.0 Å². The summed E-state index contributed by atoms with van der Waals surface area (Å²) >= 11 is 0. The van der Waals surface area contributed by atoms with Crippen molar-refractivity contribution in [1.82, 2.24) is 25.2 Å². The lowest BCUT2D eigenvalue weighted by molar-refractivity contribution is 0.0771. The van der Waals surface area contributed by atoms with E-state index in [1.165, 1.54) is 0 Å². The van der Waals surface area contributed by atoms with Crippen LogP contribution in [-0.4, -0.2) is 38.1 Å². The fourth-order valence-electron chi connectivity index (χ4n) is 3.50. The summed E-state index contributed by atoms with van der Waals surface area (Å²) in [4.78, 5) is 24.0. The van der Waals surface area contributed by atoms with Crippen LogP contribution < -0.4 is 0 Å². The molecule has 1 aromatic carbocycles. The minimum absolute atomic E-state index is 0.166. The summed E-state index contributed by atoms with van der Waals surface area (Å²) in [6.45, 7) is 2.17. The first-order valence-corrected chi connectivity index (χ1v) is 10.1. The second-order valence-corrected chi connectivity index (χ2v) is 7.57. The molecule has 1 amide bonds. The number of benzene rings is 1. The summed E-state index contributed by atoms with van der Waals surface area (Å²) in [6, 6.07) is 11.5. The molecule has 0 N–H and O–H groups in total. The molecule has 8 heteroatoms. The monoisotopic (exact) mass is 403 g/mol. The third-order valence-corrected chi connectivity index (χ3v) is 5.29. The van der Waals surface area contributed by atoms with E-state index >= 15 is 0 Å². The van der Waals surface area contributed by atoms with E-state index in [4.69, 9.17) is 9.05 Å². The minimum atomic E-state index is -0.166. The summed E-state index contributed by atoms with van der Waals surface area (Å²) in [6.07, 6.45) is 2.82. The third kappa shape index (κ3) is 3.34. The van der Waals surface area contributed by atoms with Crippen molar-refractivity contribution in [3.05, 3.63) is 59.4 Å². The maximum atomic E-state index is 13.5. The van der Waals surface area contributed by atoms with Gasteiger partial charge in [0.1, 0.15) is 5.69 Å². The van der Waals surface area contributed by atoms with E-state index in [1.54, 1.807) is 11.9 Å². The average molecular weight is 403 g/mol. The average Bonchev–Trinajstić information content (AvgIpc) is 3.38. The predicted octanol–water partition coefficient (Wildman–Crippen LogP) is 3.98. The van der Waals surface area contributed by atoms with Gasteiger partial charge in [0.05, 0.1) is 17.5 Å². The summed E-state index contributed by atoms with van der Waals surface area (Å²) in [7, 11) is 1.72. The van der Waals surface area contributed by atoms with Crippen molar-refractivity contribution in [2.75, 3.05) is 7.05 Å². The predicted molar refractivity (Wildman–Crippen MR) is 109 cm³/mol. The number of hydrogen-bond acceptors (Lipinski definition) is 7. The number of aryl methyl sites for hydroxylation is 1. The van der Waals surface area contributed by atoms with E-state index in [2.05, 4.69) is 20.3 Å². The van der Waals surface area contributed by atoms with Crippen LogP contribution in [0.15, 0.2) is 45.4 Å². The van der Waals surface area contributed by atoms with Crippen molar-refractivity contribution in [2.24, 2.45) is 0 Å². The molecule has 0 unspecified atom stereocenters. The topological polar surface area (TPSA) is 98.2 Å². The van der Waals surface area contributed by atoms with Gasteiger partial charge in [0, 0.05) is 30.6 Å². The van der Waals surface area contributed by atoms with Gasteiger partial charge >= 0.3 is 0 Å². The molecule has 0 spiro atoms. The van der Waals surface area contributed by atoms with E-state index in [-0.39, 0.29) is 12.5 Å². The summed E-state index contributed by atoms with van der Waals surface area (Å²) in [5.41, 5.74) is 3.28. The zero-order chi connectivity index (χ0) is 20.7. The van der Waals surface area contributed by atoms with Gasteiger partial charge in [-0.1, -0.05) is 47.6 Å². The van der Waals surface area contributed by atoms with E-state index in [0.717, 1.165) is 24.1 Å². The lowest BCUT2D eigenvalue weighted by Crippen LogP contribution is -2.27. The Hall–Kier alpha value is -3.55. The van der Waals surface area contributed by atoms with Crippen LogP contribution in [-0.2, 0) is 13.0 Å². The maximum absolute atomic E-state index is 13.5. The van der Waals surface area contributed by atoms with Gasteiger partial charge in [-0.15, -0.1) is 0 Å². The highest BCUT2D eigenvalue weighted by Gasteiger charge is 2.30. The van der Waals surface area contributed by atoms with Gasteiger partial charge in [-0.05, 0) is 18.9 Å². The van der Waals surface area contributed by atoms with Crippen LogP contribution >= 0.6 is 0 Å². The molecule has 5 rings (SSSR count). The summed E-state index contributed by atoms with van der Waals surface area (Å²) < 4.78 is 10.8. The van der Waals surface area contributed by atoms with Gasteiger partial charge in [0.2, 0.25) is 5.89 Å². The van der Waals surface area contributed by atoms with Crippen molar-refractivity contribution < 1.29 is 13.8 Å². The van der Waals surface area contributed by atoms with E-state index < -0.39 is 0 Å². The Bertz CT molecular complexity index is 1210. The number of hydrogen-bond donors (Lipinski definition) is 0. The third-order valence-electron chi connectivity index (χ3n) is 5.29. The number of fused-ring (bicyclic) bond motifs is 1. The lowest BCUT2D eigenvalue weighted by Gasteiger charge is -2.16. The Kier molecular flexibility index (Phi) is 4.54. The Labute approximate surface area is 172 Å². The van der Waals surface area contributed by atoms with Crippen molar-refractivity contribution in [2.45, 2.75) is 38.6 Å². The zero-order valence-corrected chi connectivity index (χ0v) is 16.8. The molecule has 0 radical (unpaired) electrons. The number of pyridine rings is 1. The first-order valence-electron chi connectivity index (χ1n) is 10.1. The van der Waals surface area contributed by atoms with Crippen molar-refractivity contribution in [3.8, 4) is 11.3 Å². The number of rotatable bonds is 6.